The van der Waals surface area contributed by atoms with Gasteiger partial charge in [0, 0.05) is 12.2 Å². The Morgan fingerprint density at radius 3 is 2.63 bits per heavy atom. The molecular weight excluding hydrogens is 262 g/mol. The van der Waals surface area contributed by atoms with E-state index in [-0.39, 0.29) is 17.9 Å². The standard InChI is InChI=1S/C13H15F4NO/c1-8-2-4-10(19-8)7-18-9-3-5-12(14)11(6-9)13(15,16)17/h3,5-6,8,10,18H,2,4,7H2,1H3. The van der Waals surface area contributed by atoms with Crippen LogP contribution in [0.5, 0.6) is 0 Å². The molecule has 106 valence electrons. The molecule has 19 heavy (non-hydrogen) atoms. The van der Waals surface area contributed by atoms with Crippen LogP contribution in [0.15, 0.2) is 18.2 Å². The number of halogens is 4. The molecule has 1 N–H and O–H groups in total. The van der Waals surface area contributed by atoms with E-state index in [1.165, 1.54) is 6.07 Å². The van der Waals surface area contributed by atoms with E-state index in [2.05, 4.69) is 5.32 Å². The molecule has 2 unspecified atom stereocenters. The summed E-state index contributed by atoms with van der Waals surface area (Å²) < 4.78 is 56.2. The summed E-state index contributed by atoms with van der Waals surface area (Å²) in [4.78, 5) is 0. The fraction of sp³-hybridized carbons (Fsp3) is 0.538. The van der Waals surface area contributed by atoms with Crippen LogP contribution in [-0.2, 0) is 10.9 Å². The maximum absolute atomic E-state index is 13.1. The third-order valence-corrected chi connectivity index (χ3v) is 3.13. The highest BCUT2D eigenvalue weighted by atomic mass is 19.4. The van der Waals surface area contributed by atoms with Crippen LogP contribution in [0.3, 0.4) is 0 Å². The van der Waals surface area contributed by atoms with E-state index in [1.807, 2.05) is 6.92 Å². The summed E-state index contributed by atoms with van der Waals surface area (Å²) in [6, 6.07) is 2.90. The SMILES string of the molecule is CC1CCC(CNc2ccc(F)c(C(F)(F)F)c2)O1. The van der Waals surface area contributed by atoms with Crippen molar-refractivity contribution in [2.24, 2.45) is 0 Å². The molecule has 0 amide bonds. The molecule has 1 fully saturated rings. The predicted octanol–water partition coefficient (Wildman–Crippen LogP) is 3.82. The van der Waals surface area contributed by atoms with Gasteiger partial charge in [-0.15, -0.1) is 0 Å². The summed E-state index contributed by atoms with van der Waals surface area (Å²) in [5.74, 6) is -1.26. The van der Waals surface area contributed by atoms with Gasteiger partial charge in [0.15, 0.2) is 0 Å². The van der Waals surface area contributed by atoms with E-state index < -0.39 is 17.6 Å². The second-order valence-corrected chi connectivity index (χ2v) is 4.72. The highest BCUT2D eigenvalue weighted by molar-refractivity contribution is 5.47. The molecule has 0 radical (unpaired) electrons. The van der Waals surface area contributed by atoms with Crippen LogP contribution in [0.4, 0.5) is 23.2 Å². The third kappa shape index (κ3) is 3.59. The first kappa shape index (κ1) is 14.1. The van der Waals surface area contributed by atoms with Crippen molar-refractivity contribution < 1.29 is 22.3 Å². The number of anilines is 1. The number of rotatable bonds is 3. The van der Waals surface area contributed by atoms with E-state index in [0.29, 0.717) is 6.54 Å². The van der Waals surface area contributed by atoms with E-state index in [0.717, 1.165) is 25.0 Å². The van der Waals surface area contributed by atoms with Crippen LogP contribution in [0.2, 0.25) is 0 Å². The summed E-state index contributed by atoms with van der Waals surface area (Å²) in [6.45, 7) is 2.38. The van der Waals surface area contributed by atoms with Crippen LogP contribution < -0.4 is 5.32 Å². The normalized spacial score (nSPS) is 23.6. The number of hydrogen-bond donors (Lipinski definition) is 1. The summed E-state index contributed by atoms with van der Waals surface area (Å²) in [6.07, 6.45) is -2.68. The lowest BCUT2D eigenvalue weighted by Gasteiger charge is -2.15. The average molecular weight is 277 g/mol. The van der Waals surface area contributed by atoms with Crippen molar-refractivity contribution in [1.29, 1.82) is 0 Å². The fourth-order valence-electron chi connectivity index (χ4n) is 2.12. The van der Waals surface area contributed by atoms with Crippen LogP contribution in [-0.4, -0.2) is 18.8 Å². The first-order valence-electron chi connectivity index (χ1n) is 6.12. The van der Waals surface area contributed by atoms with Crippen molar-refractivity contribution in [3.8, 4) is 0 Å². The second-order valence-electron chi connectivity index (χ2n) is 4.72. The van der Waals surface area contributed by atoms with Gasteiger partial charge in [-0.3, -0.25) is 0 Å². The molecule has 0 saturated carbocycles. The highest BCUT2D eigenvalue weighted by Gasteiger charge is 2.34. The molecule has 1 heterocycles. The van der Waals surface area contributed by atoms with Gasteiger partial charge in [0.2, 0.25) is 0 Å². The van der Waals surface area contributed by atoms with Crippen molar-refractivity contribution in [3.05, 3.63) is 29.6 Å². The van der Waals surface area contributed by atoms with Crippen molar-refractivity contribution in [2.45, 2.75) is 38.1 Å². The first-order chi connectivity index (χ1) is 8.86. The molecule has 2 nitrogen and oxygen atoms in total. The monoisotopic (exact) mass is 277 g/mol. The molecule has 1 aliphatic rings. The van der Waals surface area contributed by atoms with Gasteiger partial charge >= 0.3 is 6.18 Å². The number of alkyl halides is 3. The first-order valence-corrected chi connectivity index (χ1v) is 6.12. The van der Waals surface area contributed by atoms with E-state index >= 15 is 0 Å². The van der Waals surface area contributed by atoms with Crippen LogP contribution in [0.25, 0.3) is 0 Å². The van der Waals surface area contributed by atoms with E-state index in [4.69, 9.17) is 4.74 Å². The fourth-order valence-corrected chi connectivity index (χ4v) is 2.12. The minimum absolute atomic E-state index is 0.00519. The molecule has 2 rings (SSSR count). The maximum Gasteiger partial charge on any atom is 0.419 e. The summed E-state index contributed by atoms with van der Waals surface area (Å²) in [7, 11) is 0. The lowest BCUT2D eigenvalue weighted by atomic mass is 10.1. The Hall–Kier alpha value is -1.30. The average Bonchev–Trinajstić information content (AvgIpc) is 2.72. The Balaban J connectivity index is 2.01. The van der Waals surface area contributed by atoms with Crippen LogP contribution in [0.1, 0.15) is 25.3 Å². The number of hydrogen-bond acceptors (Lipinski definition) is 2. The molecular formula is C13H15F4NO. The Labute approximate surface area is 108 Å². The quantitative estimate of drug-likeness (QED) is 0.848. The molecule has 6 heteroatoms. The van der Waals surface area contributed by atoms with Gasteiger partial charge in [0.25, 0.3) is 0 Å². The predicted molar refractivity (Wildman–Crippen MR) is 63.5 cm³/mol. The molecule has 0 bridgehead atoms. The molecule has 1 aromatic rings. The molecule has 0 spiro atoms. The molecule has 2 atom stereocenters. The Morgan fingerprint density at radius 1 is 1.32 bits per heavy atom. The van der Waals surface area contributed by atoms with E-state index in [9.17, 15) is 17.6 Å². The minimum atomic E-state index is -4.68. The largest absolute Gasteiger partial charge is 0.419 e. The molecule has 1 aromatic carbocycles. The van der Waals surface area contributed by atoms with Crippen LogP contribution >= 0.6 is 0 Å². The van der Waals surface area contributed by atoms with Gasteiger partial charge in [-0.2, -0.15) is 13.2 Å². The summed E-state index contributed by atoms with van der Waals surface area (Å²) >= 11 is 0. The van der Waals surface area contributed by atoms with Crippen LogP contribution in [0, 0.1) is 5.82 Å². The third-order valence-electron chi connectivity index (χ3n) is 3.13. The molecule has 0 aromatic heterocycles. The van der Waals surface area contributed by atoms with Gasteiger partial charge in [-0.05, 0) is 38.0 Å². The topological polar surface area (TPSA) is 21.3 Å². The van der Waals surface area contributed by atoms with Crippen molar-refractivity contribution >= 4 is 5.69 Å². The number of nitrogens with one attached hydrogen (secondary N) is 1. The minimum Gasteiger partial charge on any atom is -0.382 e. The molecule has 1 aliphatic heterocycles. The zero-order valence-electron chi connectivity index (χ0n) is 10.4. The van der Waals surface area contributed by atoms with Crippen molar-refractivity contribution in [2.75, 3.05) is 11.9 Å². The lowest BCUT2D eigenvalue weighted by molar-refractivity contribution is -0.139. The maximum atomic E-state index is 13.1. The molecule has 1 saturated heterocycles. The Kier molecular flexibility index (Phi) is 3.99. The second kappa shape index (κ2) is 5.36. The van der Waals surface area contributed by atoms with Gasteiger partial charge < -0.3 is 10.1 Å². The van der Waals surface area contributed by atoms with Gasteiger partial charge in [-0.25, -0.2) is 4.39 Å². The summed E-state index contributed by atoms with van der Waals surface area (Å²) in [5.41, 5.74) is -1.00. The highest BCUT2D eigenvalue weighted by Crippen LogP contribution is 2.33. The lowest BCUT2D eigenvalue weighted by Crippen LogP contribution is -2.20. The zero-order chi connectivity index (χ0) is 14.0. The van der Waals surface area contributed by atoms with Crippen molar-refractivity contribution in [3.63, 3.8) is 0 Å². The van der Waals surface area contributed by atoms with E-state index in [1.54, 1.807) is 0 Å². The van der Waals surface area contributed by atoms with Crippen molar-refractivity contribution in [1.82, 2.24) is 0 Å². The Morgan fingerprint density at radius 2 is 2.05 bits per heavy atom. The summed E-state index contributed by atoms with van der Waals surface area (Å²) in [5, 5.41) is 2.86. The van der Waals surface area contributed by atoms with Gasteiger partial charge in [0.05, 0.1) is 17.8 Å². The smallest absolute Gasteiger partial charge is 0.382 e. The number of ether oxygens (including phenoxy) is 1. The Bertz CT molecular complexity index is 447. The zero-order valence-corrected chi connectivity index (χ0v) is 10.4. The van der Waals surface area contributed by atoms with Gasteiger partial charge in [-0.1, -0.05) is 0 Å². The molecule has 0 aliphatic carbocycles. The van der Waals surface area contributed by atoms with Gasteiger partial charge in [0.1, 0.15) is 5.82 Å². The number of benzene rings is 1.